The standard InChI is InChI=1S/C18H20FN3O4/c19-14-5-11-16(13-8-26-4-3-9(6-20)21-15(13)14)22(10-1-2-10)7-12(17(11)23)18(24)25/h5,7,9-10,21H,1-4,6,8,20H2,(H,24,25). The summed E-state index contributed by atoms with van der Waals surface area (Å²) in [6, 6.07) is 1.10. The number of pyridine rings is 1. The number of aromatic carboxylic acids is 1. The van der Waals surface area contributed by atoms with Gasteiger partial charge < -0.3 is 25.5 Å². The number of nitrogens with two attached hydrogens (primary N) is 1. The van der Waals surface area contributed by atoms with Crippen molar-refractivity contribution >= 4 is 22.6 Å². The second kappa shape index (κ2) is 6.37. The Morgan fingerprint density at radius 1 is 1.42 bits per heavy atom. The molecule has 2 heterocycles. The molecule has 1 atom stereocenters. The van der Waals surface area contributed by atoms with Crippen LogP contribution in [0, 0.1) is 5.82 Å². The summed E-state index contributed by atoms with van der Waals surface area (Å²) in [5.74, 6) is -1.91. The molecule has 2 aromatic rings. The summed E-state index contributed by atoms with van der Waals surface area (Å²) in [5.41, 5.74) is 6.09. The van der Waals surface area contributed by atoms with E-state index < -0.39 is 17.2 Å². The molecule has 8 heteroatoms. The molecule has 4 rings (SSSR count). The van der Waals surface area contributed by atoms with Crippen LogP contribution in [0.4, 0.5) is 10.1 Å². The van der Waals surface area contributed by atoms with Gasteiger partial charge in [0.05, 0.1) is 17.8 Å². The number of carbonyl (C=O) groups is 1. The number of rotatable bonds is 3. The Morgan fingerprint density at radius 2 is 2.19 bits per heavy atom. The van der Waals surface area contributed by atoms with Crippen LogP contribution in [0.1, 0.15) is 41.2 Å². The molecule has 1 aliphatic heterocycles. The van der Waals surface area contributed by atoms with Crippen LogP contribution < -0.4 is 16.5 Å². The predicted octanol–water partition coefficient (Wildman–Crippen LogP) is 1.83. The molecule has 0 bridgehead atoms. The monoisotopic (exact) mass is 361 g/mol. The molecule has 0 amide bonds. The lowest BCUT2D eigenvalue weighted by molar-refractivity contribution is 0.0695. The maximum atomic E-state index is 14.8. The number of carboxylic acids is 1. The van der Waals surface area contributed by atoms with E-state index >= 15 is 0 Å². The fourth-order valence-corrected chi connectivity index (χ4v) is 3.51. The second-order valence-electron chi connectivity index (χ2n) is 6.84. The number of halogens is 1. The van der Waals surface area contributed by atoms with Crippen molar-refractivity contribution in [3.8, 4) is 0 Å². The molecule has 0 spiro atoms. The van der Waals surface area contributed by atoms with Gasteiger partial charge >= 0.3 is 5.97 Å². The molecule has 1 fully saturated rings. The summed E-state index contributed by atoms with van der Waals surface area (Å²) in [4.78, 5) is 24.1. The van der Waals surface area contributed by atoms with Crippen molar-refractivity contribution < 1.29 is 19.0 Å². The zero-order valence-corrected chi connectivity index (χ0v) is 14.1. The zero-order valence-electron chi connectivity index (χ0n) is 14.1. The van der Waals surface area contributed by atoms with E-state index in [-0.39, 0.29) is 35.3 Å². The topological polar surface area (TPSA) is 107 Å². The predicted molar refractivity (Wildman–Crippen MR) is 94.1 cm³/mol. The van der Waals surface area contributed by atoms with Gasteiger partial charge in [0.15, 0.2) is 0 Å². The quantitative estimate of drug-likeness (QED) is 0.770. The Labute approximate surface area is 148 Å². The van der Waals surface area contributed by atoms with Crippen LogP contribution in [-0.2, 0) is 11.3 Å². The number of aromatic nitrogens is 1. The highest BCUT2D eigenvalue weighted by molar-refractivity contribution is 5.95. The number of nitrogens with one attached hydrogen (secondary N) is 1. The van der Waals surface area contributed by atoms with E-state index in [1.165, 1.54) is 6.20 Å². The van der Waals surface area contributed by atoms with Crippen molar-refractivity contribution in [2.45, 2.75) is 38.0 Å². The van der Waals surface area contributed by atoms with Gasteiger partial charge in [-0.2, -0.15) is 0 Å². The Kier molecular flexibility index (Phi) is 4.16. The third-order valence-corrected chi connectivity index (χ3v) is 5.03. The van der Waals surface area contributed by atoms with Gasteiger partial charge in [-0.05, 0) is 25.3 Å². The van der Waals surface area contributed by atoms with Gasteiger partial charge in [-0.15, -0.1) is 0 Å². The first-order valence-corrected chi connectivity index (χ1v) is 8.69. The molecule has 1 aliphatic carbocycles. The number of fused-ring (bicyclic) bond motifs is 3. The summed E-state index contributed by atoms with van der Waals surface area (Å²) in [7, 11) is 0. The Balaban J connectivity index is 2.05. The van der Waals surface area contributed by atoms with E-state index in [9.17, 15) is 19.1 Å². The van der Waals surface area contributed by atoms with Crippen LogP contribution in [0.2, 0.25) is 0 Å². The van der Waals surface area contributed by atoms with Crippen LogP contribution >= 0.6 is 0 Å². The van der Waals surface area contributed by atoms with Gasteiger partial charge in [0.25, 0.3) is 0 Å². The summed E-state index contributed by atoms with van der Waals surface area (Å²) in [6.45, 7) is 0.938. The molecule has 1 unspecified atom stereocenters. The molecule has 7 nitrogen and oxygen atoms in total. The van der Waals surface area contributed by atoms with E-state index in [2.05, 4.69) is 5.32 Å². The highest BCUT2D eigenvalue weighted by Gasteiger charge is 2.30. The third-order valence-electron chi connectivity index (χ3n) is 5.03. The number of carboxylic acid groups (broad SMARTS) is 1. The smallest absolute Gasteiger partial charge is 0.341 e. The van der Waals surface area contributed by atoms with Crippen LogP contribution in [0.15, 0.2) is 17.1 Å². The highest BCUT2D eigenvalue weighted by atomic mass is 19.1. The largest absolute Gasteiger partial charge is 0.477 e. The lowest BCUT2D eigenvalue weighted by Crippen LogP contribution is -2.32. The average Bonchev–Trinajstić information content (AvgIpc) is 3.41. The molecule has 1 aromatic carbocycles. The molecule has 0 saturated heterocycles. The molecule has 2 aliphatic rings. The Hall–Kier alpha value is -2.45. The first kappa shape index (κ1) is 17.0. The van der Waals surface area contributed by atoms with Gasteiger partial charge in [-0.25, -0.2) is 9.18 Å². The summed E-state index contributed by atoms with van der Waals surface area (Å²) in [5, 5.41) is 12.6. The van der Waals surface area contributed by atoms with E-state index in [0.717, 1.165) is 18.9 Å². The molecular weight excluding hydrogens is 341 g/mol. The molecular formula is C18H20FN3O4. The second-order valence-corrected chi connectivity index (χ2v) is 6.84. The first-order chi connectivity index (χ1) is 12.5. The van der Waals surface area contributed by atoms with E-state index in [0.29, 0.717) is 30.7 Å². The van der Waals surface area contributed by atoms with Gasteiger partial charge in [0.2, 0.25) is 5.43 Å². The SMILES string of the molecule is NCC1CCOCc2c(c(F)cc3c(=O)c(C(=O)O)cn(C4CC4)c23)N1. The fourth-order valence-electron chi connectivity index (χ4n) is 3.51. The minimum Gasteiger partial charge on any atom is -0.477 e. The van der Waals surface area contributed by atoms with Crippen LogP contribution in [0.25, 0.3) is 10.9 Å². The van der Waals surface area contributed by atoms with Gasteiger partial charge in [0, 0.05) is 42.4 Å². The fraction of sp³-hybridized carbons (Fsp3) is 0.444. The molecule has 26 heavy (non-hydrogen) atoms. The van der Waals surface area contributed by atoms with Crippen molar-refractivity contribution in [2.75, 3.05) is 18.5 Å². The van der Waals surface area contributed by atoms with Gasteiger partial charge in [-0.1, -0.05) is 0 Å². The minimum absolute atomic E-state index is 0.0725. The highest BCUT2D eigenvalue weighted by Crippen LogP contribution is 2.40. The number of nitrogens with zero attached hydrogens (tertiary/aromatic N) is 1. The summed E-state index contributed by atoms with van der Waals surface area (Å²) < 4.78 is 22.3. The maximum Gasteiger partial charge on any atom is 0.341 e. The molecule has 1 saturated carbocycles. The van der Waals surface area contributed by atoms with Crippen molar-refractivity contribution in [1.82, 2.24) is 4.57 Å². The lowest BCUT2D eigenvalue weighted by atomic mass is 10.0. The number of hydrogen-bond acceptors (Lipinski definition) is 5. The summed E-state index contributed by atoms with van der Waals surface area (Å²) in [6.07, 6.45) is 3.81. The number of hydrogen-bond donors (Lipinski definition) is 3. The zero-order chi connectivity index (χ0) is 18.4. The number of anilines is 1. The van der Waals surface area contributed by atoms with Gasteiger partial charge in [0.1, 0.15) is 11.4 Å². The van der Waals surface area contributed by atoms with Crippen LogP contribution in [-0.4, -0.2) is 34.8 Å². The number of ether oxygens (including phenoxy) is 1. The van der Waals surface area contributed by atoms with Crippen molar-refractivity contribution in [2.24, 2.45) is 5.73 Å². The van der Waals surface area contributed by atoms with Gasteiger partial charge in [-0.3, -0.25) is 4.79 Å². The molecule has 4 N–H and O–H groups in total. The Morgan fingerprint density at radius 3 is 2.85 bits per heavy atom. The number of benzene rings is 1. The van der Waals surface area contributed by atoms with Crippen molar-refractivity contribution in [1.29, 1.82) is 0 Å². The maximum absolute atomic E-state index is 14.8. The third kappa shape index (κ3) is 2.75. The lowest BCUT2D eigenvalue weighted by Gasteiger charge is -2.26. The minimum atomic E-state index is -1.31. The van der Waals surface area contributed by atoms with Crippen LogP contribution in [0.5, 0.6) is 0 Å². The molecule has 138 valence electrons. The van der Waals surface area contributed by atoms with Crippen molar-refractivity contribution in [3.05, 3.63) is 39.4 Å². The normalized spacial score (nSPS) is 20.2. The first-order valence-electron chi connectivity index (χ1n) is 8.69. The molecule has 0 radical (unpaired) electrons. The van der Waals surface area contributed by atoms with E-state index in [1.54, 1.807) is 4.57 Å². The summed E-state index contributed by atoms with van der Waals surface area (Å²) >= 11 is 0. The van der Waals surface area contributed by atoms with Crippen molar-refractivity contribution in [3.63, 3.8) is 0 Å². The van der Waals surface area contributed by atoms with E-state index in [1.807, 2.05) is 0 Å². The van der Waals surface area contributed by atoms with E-state index in [4.69, 9.17) is 10.5 Å². The Bertz CT molecular complexity index is 952. The molecule has 1 aromatic heterocycles. The average molecular weight is 361 g/mol. The van der Waals surface area contributed by atoms with Crippen LogP contribution in [0.3, 0.4) is 0 Å².